The molecule has 0 fully saturated rings. The van der Waals surface area contributed by atoms with Gasteiger partial charge in [0.1, 0.15) is 6.20 Å². The van der Waals surface area contributed by atoms with E-state index in [1.165, 1.54) is 0 Å². The minimum atomic E-state index is -2.99. The Hall–Kier alpha value is -0.510. The standard InChI is InChI=1S/C6H11F3N/c1-10(2,3)4-5(7)6(8)9/h4,6H,1-3H3/q+1. The molecule has 0 heterocycles. The minimum Gasteiger partial charge on any atom is -0.302 e. The number of allylic oxidation sites excluding steroid dienone is 1. The summed E-state index contributed by atoms with van der Waals surface area (Å²) in [6.07, 6.45) is -2.12. The van der Waals surface area contributed by atoms with Gasteiger partial charge in [-0.05, 0) is 0 Å². The van der Waals surface area contributed by atoms with E-state index in [2.05, 4.69) is 0 Å². The van der Waals surface area contributed by atoms with Crippen molar-refractivity contribution in [2.45, 2.75) is 6.43 Å². The Bertz CT molecular complexity index is 134. The lowest BCUT2D eigenvalue weighted by molar-refractivity contribution is -0.818. The summed E-state index contributed by atoms with van der Waals surface area (Å²) in [4.78, 5) is 0. The Morgan fingerprint density at radius 1 is 1.30 bits per heavy atom. The molecule has 10 heavy (non-hydrogen) atoms. The first kappa shape index (κ1) is 9.49. The molecule has 60 valence electrons. The van der Waals surface area contributed by atoms with E-state index < -0.39 is 12.3 Å². The highest BCUT2D eigenvalue weighted by Gasteiger charge is 2.15. The SMILES string of the molecule is C[N+](C)(C)C=C(F)C(F)F. The maximum atomic E-state index is 12.1. The first-order valence-electron chi connectivity index (χ1n) is 2.80. The molecule has 0 aromatic carbocycles. The van der Waals surface area contributed by atoms with Crippen molar-refractivity contribution >= 4 is 0 Å². The molecule has 0 radical (unpaired) electrons. The summed E-state index contributed by atoms with van der Waals surface area (Å²) in [7, 11) is 4.80. The van der Waals surface area contributed by atoms with Crippen molar-refractivity contribution in [1.29, 1.82) is 0 Å². The molecule has 0 amide bonds. The van der Waals surface area contributed by atoms with Crippen molar-refractivity contribution in [2.24, 2.45) is 0 Å². The molecule has 0 bridgehead atoms. The smallest absolute Gasteiger partial charge is 0.294 e. The van der Waals surface area contributed by atoms with Crippen LogP contribution in [0.15, 0.2) is 12.0 Å². The fourth-order valence-electron chi connectivity index (χ4n) is 0.426. The Morgan fingerprint density at radius 2 is 1.70 bits per heavy atom. The van der Waals surface area contributed by atoms with Gasteiger partial charge in [0.2, 0.25) is 5.83 Å². The van der Waals surface area contributed by atoms with Gasteiger partial charge in [-0.3, -0.25) is 0 Å². The van der Waals surface area contributed by atoms with E-state index in [1.807, 2.05) is 0 Å². The Labute approximate surface area is 58.3 Å². The summed E-state index contributed by atoms with van der Waals surface area (Å²) in [5.41, 5.74) is 0. The molecule has 0 rings (SSSR count). The van der Waals surface area contributed by atoms with Crippen LogP contribution in [-0.4, -0.2) is 32.1 Å². The topological polar surface area (TPSA) is 0 Å². The molecule has 4 heteroatoms. The number of halogens is 3. The molecule has 0 unspecified atom stereocenters. The van der Waals surface area contributed by atoms with Crippen LogP contribution < -0.4 is 0 Å². The molecule has 0 atom stereocenters. The van der Waals surface area contributed by atoms with Gasteiger partial charge in [0.25, 0.3) is 6.43 Å². The van der Waals surface area contributed by atoms with E-state index >= 15 is 0 Å². The van der Waals surface area contributed by atoms with E-state index in [0.29, 0.717) is 0 Å². The third-order valence-corrected chi connectivity index (χ3v) is 0.719. The minimum absolute atomic E-state index is 0.0656. The van der Waals surface area contributed by atoms with Crippen LogP contribution in [0.1, 0.15) is 0 Å². The highest BCUT2D eigenvalue weighted by molar-refractivity contribution is 4.88. The maximum absolute atomic E-state index is 12.1. The van der Waals surface area contributed by atoms with Crippen molar-refractivity contribution in [1.82, 2.24) is 0 Å². The summed E-state index contributed by atoms with van der Waals surface area (Å²) in [6, 6.07) is 0. The first-order chi connectivity index (χ1) is 4.33. The third kappa shape index (κ3) is 4.38. The Morgan fingerprint density at radius 3 is 1.80 bits per heavy atom. The summed E-state index contributed by atoms with van der Waals surface area (Å²) in [5.74, 6) is -1.37. The summed E-state index contributed by atoms with van der Waals surface area (Å²) in [6.45, 7) is 0. The van der Waals surface area contributed by atoms with Crippen LogP contribution in [0.2, 0.25) is 0 Å². The highest BCUT2D eigenvalue weighted by Crippen LogP contribution is 2.11. The lowest BCUT2D eigenvalue weighted by atomic mass is 10.5. The van der Waals surface area contributed by atoms with Crippen molar-refractivity contribution in [3.63, 3.8) is 0 Å². The molecule has 1 nitrogen and oxygen atoms in total. The molecule has 0 saturated carbocycles. The second-order valence-corrected chi connectivity index (χ2v) is 2.93. The number of hydrogen-bond donors (Lipinski definition) is 0. The molecule has 0 aromatic heterocycles. The fourth-order valence-corrected chi connectivity index (χ4v) is 0.426. The number of hydrogen-bond acceptors (Lipinski definition) is 0. The van der Waals surface area contributed by atoms with Gasteiger partial charge in [0.05, 0.1) is 21.1 Å². The van der Waals surface area contributed by atoms with Crippen LogP contribution >= 0.6 is 0 Å². The van der Waals surface area contributed by atoms with Crippen LogP contribution in [0.4, 0.5) is 13.2 Å². The van der Waals surface area contributed by atoms with Gasteiger partial charge in [-0.1, -0.05) is 0 Å². The Balaban J connectivity index is 4.17. The van der Waals surface area contributed by atoms with Crippen LogP contribution in [0, 0.1) is 0 Å². The van der Waals surface area contributed by atoms with Crippen molar-refractivity contribution < 1.29 is 17.7 Å². The molecule has 0 aliphatic carbocycles. The number of quaternary nitrogens is 1. The fraction of sp³-hybridized carbons (Fsp3) is 0.667. The highest BCUT2D eigenvalue weighted by atomic mass is 19.3. The van der Waals surface area contributed by atoms with Gasteiger partial charge in [-0.15, -0.1) is 0 Å². The van der Waals surface area contributed by atoms with Gasteiger partial charge in [-0.25, -0.2) is 8.78 Å². The van der Waals surface area contributed by atoms with Gasteiger partial charge < -0.3 is 4.48 Å². The number of alkyl halides is 2. The van der Waals surface area contributed by atoms with E-state index in [1.54, 1.807) is 21.1 Å². The van der Waals surface area contributed by atoms with E-state index in [9.17, 15) is 13.2 Å². The van der Waals surface area contributed by atoms with E-state index in [4.69, 9.17) is 0 Å². The van der Waals surface area contributed by atoms with Crippen molar-refractivity contribution in [2.75, 3.05) is 21.1 Å². The molecule has 0 aliphatic rings. The quantitative estimate of drug-likeness (QED) is 0.532. The molecule has 0 spiro atoms. The van der Waals surface area contributed by atoms with Crippen LogP contribution in [0.3, 0.4) is 0 Å². The Kier molecular flexibility index (Phi) is 2.90. The third-order valence-electron chi connectivity index (χ3n) is 0.719. The molecule has 0 aromatic rings. The lowest BCUT2D eigenvalue weighted by Gasteiger charge is -2.17. The number of rotatable bonds is 2. The molecular weight excluding hydrogens is 143 g/mol. The van der Waals surface area contributed by atoms with Crippen LogP contribution in [0.5, 0.6) is 0 Å². The zero-order valence-corrected chi connectivity index (χ0v) is 6.24. The van der Waals surface area contributed by atoms with Gasteiger partial charge in [0, 0.05) is 0 Å². The van der Waals surface area contributed by atoms with Gasteiger partial charge in [-0.2, -0.15) is 4.39 Å². The predicted octanol–water partition coefficient (Wildman–Crippen LogP) is 1.77. The largest absolute Gasteiger partial charge is 0.302 e. The van der Waals surface area contributed by atoms with E-state index in [0.717, 1.165) is 6.20 Å². The van der Waals surface area contributed by atoms with Crippen molar-refractivity contribution in [3.8, 4) is 0 Å². The zero-order valence-electron chi connectivity index (χ0n) is 6.24. The zero-order chi connectivity index (χ0) is 8.36. The predicted molar refractivity (Wildman–Crippen MR) is 33.2 cm³/mol. The summed E-state index contributed by atoms with van der Waals surface area (Å²) < 4.78 is 35.2. The normalized spacial score (nSPS) is 14.5. The van der Waals surface area contributed by atoms with Crippen LogP contribution in [0.25, 0.3) is 0 Å². The lowest BCUT2D eigenvalue weighted by Crippen LogP contribution is -2.27. The molecular formula is C6H11F3N+. The molecule has 0 N–H and O–H groups in total. The monoisotopic (exact) mass is 154 g/mol. The van der Waals surface area contributed by atoms with E-state index in [-0.39, 0.29) is 4.48 Å². The molecule has 0 aliphatic heterocycles. The number of nitrogens with zero attached hydrogens (tertiary/aromatic N) is 1. The summed E-state index contributed by atoms with van der Waals surface area (Å²) >= 11 is 0. The maximum Gasteiger partial charge on any atom is 0.294 e. The van der Waals surface area contributed by atoms with Gasteiger partial charge >= 0.3 is 0 Å². The second kappa shape index (κ2) is 3.05. The van der Waals surface area contributed by atoms with Crippen LogP contribution in [-0.2, 0) is 0 Å². The summed E-state index contributed by atoms with van der Waals surface area (Å²) in [5, 5.41) is 0. The average Bonchev–Trinajstić information content (AvgIpc) is 1.60. The van der Waals surface area contributed by atoms with Crippen molar-refractivity contribution in [3.05, 3.63) is 12.0 Å². The average molecular weight is 154 g/mol. The second-order valence-electron chi connectivity index (χ2n) is 2.93. The molecule has 0 saturated heterocycles. The first-order valence-corrected chi connectivity index (χ1v) is 2.80. The van der Waals surface area contributed by atoms with Gasteiger partial charge in [0.15, 0.2) is 0 Å².